The van der Waals surface area contributed by atoms with Crippen LogP contribution in [0.3, 0.4) is 0 Å². The number of nitrogens with one attached hydrogen (secondary N) is 2. The van der Waals surface area contributed by atoms with Crippen LogP contribution in [0.4, 0.5) is 11.4 Å². The number of carbonyl (C=O) groups excluding carboxylic acids is 2. The third-order valence-electron chi connectivity index (χ3n) is 2.29. The highest BCUT2D eigenvalue weighted by atomic mass is 35.5. The summed E-state index contributed by atoms with van der Waals surface area (Å²) < 4.78 is 4.74. The van der Waals surface area contributed by atoms with Crippen molar-refractivity contribution in [2.24, 2.45) is 0 Å². The summed E-state index contributed by atoms with van der Waals surface area (Å²) in [5, 5.41) is 6.01. The van der Waals surface area contributed by atoms with E-state index >= 15 is 0 Å². The van der Waals surface area contributed by atoms with Crippen molar-refractivity contribution < 1.29 is 14.3 Å². The number of hydrogen-bond acceptors (Lipinski definition) is 4. The molecule has 0 aromatic heterocycles. The van der Waals surface area contributed by atoms with Gasteiger partial charge in [-0.3, -0.25) is 4.79 Å². The molecule has 18 heavy (non-hydrogen) atoms. The van der Waals surface area contributed by atoms with Crippen molar-refractivity contribution in [2.45, 2.75) is 6.92 Å². The summed E-state index contributed by atoms with van der Waals surface area (Å²) >= 11 is 5.82. The molecule has 1 aliphatic rings. The van der Waals surface area contributed by atoms with Gasteiger partial charge < -0.3 is 15.4 Å². The Balaban J connectivity index is 2.26. The topological polar surface area (TPSA) is 67.4 Å². The van der Waals surface area contributed by atoms with Gasteiger partial charge in [0.05, 0.1) is 24.1 Å². The Hall–Kier alpha value is -2.01. The zero-order valence-corrected chi connectivity index (χ0v) is 10.4. The highest BCUT2D eigenvalue weighted by molar-refractivity contribution is 6.31. The Bertz CT molecular complexity index is 540. The van der Waals surface area contributed by atoms with Crippen LogP contribution in [0.5, 0.6) is 0 Å². The van der Waals surface area contributed by atoms with E-state index in [0.717, 1.165) is 6.08 Å². The van der Waals surface area contributed by atoms with E-state index in [9.17, 15) is 9.59 Å². The molecule has 2 N–H and O–H groups in total. The molecule has 1 aromatic carbocycles. The first kappa shape index (κ1) is 12.4. The third kappa shape index (κ3) is 2.62. The van der Waals surface area contributed by atoms with Crippen LogP contribution in [0.25, 0.3) is 0 Å². The summed E-state index contributed by atoms with van der Waals surface area (Å²) in [5.41, 5.74) is 1.39. The molecule has 2 rings (SSSR count). The van der Waals surface area contributed by atoms with E-state index in [1.807, 2.05) is 0 Å². The van der Waals surface area contributed by atoms with Gasteiger partial charge in [0, 0.05) is 5.02 Å². The van der Waals surface area contributed by atoms with Gasteiger partial charge in [0.1, 0.15) is 5.70 Å². The molecule has 0 spiro atoms. The maximum absolute atomic E-state index is 11.7. The lowest BCUT2D eigenvalue weighted by Gasteiger charge is -2.20. The molecule has 0 fully saturated rings. The lowest BCUT2D eigenvalue weighted by molar-refractivity contribution is -0.137. The minimum Gasteiger partial charge on any atom is -0.463 e. The van der Waals surface area contributed by atoms with Crippen molar-refractivity contribution in [3.05, 3.63) is 35.0 Å². The van der Waals surface area contributed by atoms with Gasteiger partial charge in [0.25, 0.3) is 5.91 Å². The first-order valence-corrected chi connectivity index (χ1v) is 5.74. The van der Waals surface area contributed by atoms with Gasteiger partial charge in [0.2, 0.25) is 0 Å². The Morgan fingerprint density at radius 3 is 2.89 bits per heavy atom. The van der Waals surface area contributed by atoms with E-state index in [0.29, 0.717) is 16.4 Å². The molecule has 0 atom stereocenters. The molecule has 0 aliphatic carbocycles. The van der Waals surface area contributed by atoms with Crippen molar-refractivity contribution in [3.8, 4) is 0 Å². The standard InChI is InChI=1S/C12H11ClN2O3/c1-2-18-11(16)6-10-12(17)15-9-5-7(13)3-4-8(9)14-10/h3-6,14H,2H2,1H3,(H,15,17). The number of carbonyl (C=O) groups is 2. The lowest BCUT2D eigenvalue weighted by Crippen LogP contribution is -2.26. The Kier molecular flexibility index (Phi) is 3.53. The number of rotatable bonds is 2. The van der Waals surface area contributed by atoms with Crippen molar-refractivity contribution in [3.63, 3.8) is 0 Å². The van der Waals surface area contributed by atoms with E-state index in [-0.39, 0.29) is 12.3 Å². The van der Waals surface area contributed by atoms with Gasteiger partial charge in [-0.15, -0.1) is 0 Å². The summed E-state index contributed by atoms with van der Waals surface area (Å²) in [6, 6.07) is 5.03. The predicted molar refractivity (Wildman–Crippen MR) is 68.4 cm³/mol. The number of amides is 1. The molecule has 0 unspecified atom stereocenters. The van der Waals surface area contributed by atoms with Crippen LogP contribution in [0.15, 0.2) is 30.0 Å². The molecule has 1 aromatic rings. The molecule has 0 bridgehead atoms. The summed E-state index contributed by atoms with van der Waals surface area (Å²) in [6.45, 7) is 1.96. The van der Waals surface area contributed by atoms with E-state index in [1.165, 1.54) is 0 Å². The number of benzene rings is 1. The fourth-order valence-corrected chi connectivity index (χ4v) is 1.70. The number of hydrogen-bond donors (Lipinski definition) is 2. The van der Waals surface area contributed by atoms with Gasteiger partial charge in [-0.25, -0.2) is 4.79 Å². The number of halogens is 1. The second-order valence-corrected chi connectivity index (χ2v) is 4.02. The molecule has 1 amide bonds. The van der Waals surface area contributed by atoms with Gasteiger partial charge in [0.15, 0.2) is 0 Å². The maximum atomic E-state index is 11.7. The quantitative estimate of drug-likeness (QED) is 0.636. The monoisotopic (exact) mass is 266 g/mol. The summed E-state index contributed by atoms with van der Waals surface area (Å²) in [6.07, 6.45) is 1.12. The van der Waals surface area contributed by atoms with Crippen LogP contribution in [-0.2, 0) is 14.3 Å². The molecular weight excluding hydrogens is 256 g/mol. The van der Waals surface area contributed by atoms with Gasteiger partial charge in [-0.2, -0.15) is 0 Å². The zero-order valence-electron chi connectivity index (χ0n) is 9.62. The smallest absolute Gasteiger partial charge is 0.333 e. The highest BCUT2D eigenvalue weighted by Crippen LogP contribution is 2.30. The normalized spacial score (nSPS) is 15.7. The lowest BCUT2D eigenvalue weighted by atomic mass is 10.2. The van der Waals surface area contributed by atoms with Crippen LogP contribution < -0.4 is 10.6 Å². The summed E-state index contributed by atoms with van der Waals surface area (Å²) in [7, 11) is 0. The van der Waals surface area contributed by atoms with Crippen LogP contribution in [0.2, 0.25) is 5.02 Å². The number of esters is 1. The molecule has 6 heteroatoms. The largest absolute Gasteiger partial charge is 0.463 e. The van der Waals surface area contributed by atoms with Crippen LogP contribution >= 0.6 is 11.6 Å². The fraction of sp³-hybridized carbons (Fsp3) is 0.167. The molecule has 0 saturated carbocycles. The molecular formula is C12H11ClN2O3. The number of ether oxygens (including phenoxy) is 1. The first-order valence-electron chi connectivity index (χ1n) is 5.36. The second-order valence-electron chi connectivity index (χ2n) is 3.58. The molecule has 5 nitrogen and oxygen atoms in total. The zero-order chi connectivity index (χ0) is 13.1. The van der Waals surface area contributed by atoms with Crippen molar-refractivity contribution in [2.75, 3.05) is 17.2 Å². The maximum Gasteiger partial charge on any atom is 0.333 e. The average Bonchev–Trinajstić information content (AvgIpc) is 2.31. The van der Waals surface area contributed by atoms with Crippen LogP contribution in [0, 0.1) is 0 Å². The van der Waals surface area contributed by atoms with Crippen LogP contribution in [-0.4, -0.2) is 18.5 Å². The fourth-order valence-electron chi connectivity index (χ4n) is 1.52. The Labute approximate surface area is 109 Å². The van der Waals surface area contributed by atoms with Gasteiger partial charge >= 0.3 is 5.97 Å². The average molecular weight is 267 g/mol. The van der Waals surface area contributed by atoms with E-state index in [4.69, 9.17) is 16.3 Å². The number of fused-ring (bicyclic) bond motifs is 1. The van der Waals surface area contributed by atoms with E-state index in [1.54, 1.807) is 25.1 Å². The number of anilines is 2. The van der Waals surface area contributed by atoms with Gasteiger partial charge in [-0.1, -0.05) is 11.6 Å². The van der Waals surface area contributed by atoms with Crippen LogP contribution in [0.1, 0.15) is 6.92 Å². The van der Waals surface area contributed by atoms with Gasteiger partial charge in [-0.05, 0) is 25.1 Å². The second kappa shape index (κ2) is 5.10. The highest BCUT2D eigenvalue weighted by Gasteiger charge is 2.20. The SMILES string of the molecule is CCOC(=O)C=C1Nc2ccc(Cl)cc2NC1=O. The minimum atomic E-state index is -0.562. The van der Waals surface area contributed by atoms with Crippen molar-refractivity contribution >= 4 is 34.9 Å². The van der Waals surface area contributed by atoms with E-state index < -0.39 is 11.9 Å². The Morgan fingerprint density at radius 2 is 2.17 bits per heavy atom. The first-order chi connectivity index (χ1) is 8.60. The minimum absolute atomic E-state index is 0.142. The molecule has 1 aliphatic heterocycles. The molecule has 94 valence electrons. The molecule has 0 saturated heterocycles. The molecule has 0 radical (unpaired) electrons. The Morgan fingerprint density at radius 1 is 1.39 bits per heavy atom. The van der Waals surface area contributed by atoms with Crippen molar-refractivity contribution in [1.29, 1.82) is 0 Å². The van der Waals surface area contributed by atoms with E-state index in [2.05, 4.69) is 10.6 Å². The summed E-state index contributed by atoms with van der Waals surface area (Å²) in [4.78, 5) is 23.0. The molecule has 1 heterocycles. The predicted octanol–water partition coefficient (Wildman–Crippen LogP) is 2.15. The third-order valence-corrected chi connectivity index (χ3v) is 2.53. The summed E-state index contributed by atoms with van der Waals surface area (Å²) in [5.74, 6) is -0.967. The van der Waals surface area contributed by atoms with Crippen molar-refractivity contribution in [1.82, 2.24) is 0 Å².